The van der Waals surface area contributed by atoms with Gasteiger partial charge in [-0.05, 0) is 42.0 Å². The van der Waals surface area contributed by atoms with Crippen molar-refractivity contribution in [3.8, 4) is 5.75 Å². The SMILES string of the molecule is NC(N)=Nc1ccc(C(=O)Oc2ccc(CC(=O)NCC(=O)O)cc2)cc1. The monoisotopic (exact) mass is 370 g/mol. The summed E-state index contributed by atoms with van der Waals surface area (Å²) in [6.45, 7) is -0.434. The van der Waals surface area contributed by atoms with Crippen molar-refractivity contribution in [2.24, 2.45) is 16.5 Å². The molecule has 0 aliphatic carbocycles. The average molecular weight is 370 g/mol. The molecule has 0 fully saturated rings. The number of nitrogens with two attached hydrogens (primary N) is 2. The first-order chi connectivity index (χ1) is 12.8. The zero-order chi connectivity index (χ0) is 19.8. The van der Waals surface area contributed by atoms with E-state index in [1.54, 1.807) is 36.4 Å². The third-order valence-electron chi connectivity index (χ3n) is 3.30. The highest BCUT2D eigenvalue weighted by Gasteiger charge is 2.10. The summed E-state index contributed by atoms with van der Waals surface area (Å²) >= 11 is 0. The first kappa shape index (κ1) is 19.4. The summed E-state index contributed by atoms with van der Waals surface area (Å²) in [5.41, 5.74) is 12.0. The molecule has 9 nitrogen and oxygen atoms in total. The molecule has 0 bridgehead atoms. The number of guanidine groups is 1. The molecule has 27 heavy (non-hydrogen) atoms. The number of nitrogens with one attached hydrogen (secondary N) is 1. The molecule has 0 radical (unpaired) electrons. The second-order valence-electron chi connectivity index (χ2n) is 5.46. The Hall–Kier alpha value is -3.88. The van der Waals surface area contributed by atoms with Gasteiger partial charge in [0, 0.05) is 0 Å². The Labute approximate surface area is 154 Å². The van der Waals surface area contributed by atoms with Crippen molar-refractivity contribution in [2.45, 2.75) is 6.42 Å². The van der Waals surface area contributed by atoms with Crippen LogP contribution in [0.25, 0.3) is 0 Å². The maximum absolute atomic E-state index is 12.1. The first-order valence-corrected chi connectivity index (χ1v) is 7.83. The third-order valence-corrected chi connectivity index (χ3v) is 3.30. The Morgan fingerprint density at radius 2 is 1.63 bits per heavy atom. The number of rotatable bonds is 7. The predicted molar refractivity (Wildman–Crippen MR) is 97.7 cm³/mol. The summed E-state index contributed by atoms with van der Waals surface area (Å²) in [4.78, 5) is 38.0. The van der Waals surface area contributed by atoms with E-state index >= 15 is 0 Å². The molecule has 0 atom stereocenters. The second kappa shape index (κ2) is 8.99. The number of benzene rings is 2. The van der Waals surface area contributed by atoms with Gasteiger partial charge in [-0.1, -0.05) is 12.1 Å². The van der Waals surface area contributed by atoms with Crippen molar-refractivity contribution < 1.29 is 24.2 Å². The number of carbonyl (C=O) groups excluding carboxylic acids is 2. The molecule has 0 heterocycles. The third kappa shape index (κ3) is 6.50. The summed E-state index contributed by atoms with van der Waals surface area (Å²) in [5, 5.41) is 10.8. The minimum absolute atomic E-state index is 0.0216. The normalized spacial score (nSPS) is 9.93. The fourth-order valence-corrected chi connectivity index (χ4v) is 2.08. The van der Waals surface area contributed by atoms with Crippen LogP contribution in [0.5, 0.6) is 5.75 Å². The van der Waals surface area contributed by atoms with E-state index in [2.05, 4.69) is 10.3 Å². The Morgan fingerprint density at radius 3 is 2.19 bits per heavy atom. The van der Waals surface area contributed by atoms with Crippen LogP contribution in [0, 0.1) is 0 Å². The molecule has 2 rings (SSSR count). The van der Waals surface area contributed by atoms with E-state index in [1.807, 2.05) is 0 Å². The van der Waals surface area contributed by atoms with Gasteiger partial charge in [0.2, 0.25) is 5.91 Å². The molecular formula is C18H18N4O5. The van der Waals surface area contributed by atoms with Crippen molar-refractivity contribution in [1.29, 1.82) is 0 Å². The number of aliphatic carboxylic acids is 1. The molecule has 0 aromatic heterocycles. The average Bonchev–Trinajstić information content (AvgIpc) is 2.61. The summed E-state index contributed by atoms with van der Waals surface area (Å²) < 4.78 is 5.26. The van der Waals surface area contributed by atoms with Crippen molar-refractivity contribution in [3.05, 3.63) is 59.7 Å². The second-order valence-corrected chi connectivity index (χ2v) is 5.46. The van der Waals surface area contributed by atoms with Gasteiger partial charge in [-0.15, -0.1) is 0 Å². The van der Waals surface area contributed by atoms with Crippen molar-refractivity contribution >= 4 is 29.5 Å². The van der Waals surface area contributed by atoms with Crippen LogP contribution in [0.2, 0.25) is 0 Å². The quantitative estimate of drug-likeness (QED) is 0.240. The van der Waals surface area contributed by atoms with Crippen molar-refractivity contribution in [3.63, 3.8) is 0 Å². The number of amides is 1. The number of nitrogens with zero attached hydrogens (tertiary/aromatic N) is 1. The molecule has 6 N–H and O–H groups in total. The zero-order valence-corrected chi connectivity index (χ0v) is 14.2. The van der Waals surface area contributed by atoms with Gasteiger partial charge in [0.15, 0.2) is 5.96 Å². The van der Waals surface area contributed by atoms with E-state index in [0.717, 1.165) is 0 Å². The van der Waals surface area contributed by atoms with Gasteiger partial charge in [-0.3, -0.25) is 9.59 Å². The van der Waals surface area contributed by atoms with Crippen LogP contribution >= 0.6 is 0 Å². The number of hydrogen-bond donors (Lipinski definition) is 4. The summed E-state index contributed by atoms with van der Waals surface area (Å²) in [5.74, 6) is -1.86. The Bertz CT molecular complexity index is 856. The molecule has 1 amide bonds. The Balaban J connectivity index is 1.93. The van der Waals surface area contributed by atoms with Crippen LogP contribution in [-0.4, -0.2) is 35.5 Å². The van der Waals surface area contributed by atoms with Crippen LogP contribution in [0.15, 0.2) is 53.5 Å². The van der Waals surface area contributed by atoms with Gasteiger partial charge in [0.05, 0.1) is 17.7 Å². The molecule has 0 spiro atoms. The lowest BCUT2D eigenvalue weighted by molar-refractivity contribution is -0.137. The minimum Gasteiger partial charge on any atom is -0.480 e. The molecule has 0 unspecified atom stereocenters. The first-order valence-electron chi connectivity index (χ1n) is 7.83. The lowest BCUT2D eigenvalue weighted by atomic mass is 10.1. The van der Waals surface area contributed by atoms with E-state index in [4.69, 9.17) is 21.3 Å². The van der Waals surface area contributed by atoms with E-state index in [9.17, 15) is 14.4 Å². The predicted octanol–water partition coefficient (Wildman–Crippen LogP) is 0.554. The zero-order valence-electron chi connectivity index (χ0n) is 14.2. The smallest absolute Gasteiger partial charge is 0.343 e. The standard InChI is InChI=1S/C18H18N4O5/c19-18(20)22-13-5-3-12(4-6-13)17(26)27-14-7-1-11(2-8-14)9-15(23)21-10-16(24)25/h1-8H,9-10H2,(H,21,23)(H,24,25)(H4,19,20,22). The Kier molecular flexibility index (Phi) is 6.48. The largest absolute Gasteiger partial charge is 0.480 e. The van der Waals surface area contributed by atoms with Gasteiger partial charge in [-0.25, -0.2) is 9.79 Å². The highest BCUT2D eigenvalue weighted by Crippen LogP contribution is 2.17. The maximum Gasteiger partial charge on any atom is 0.343 e. The van der Waals surface area contributed by atoms with Crippen molar-refractivity contribution in [2.75, 3.05) is 6.54 Å². The highest BCUT2D eigenvalue weighted by atomic mass is 16.5. The van der Waals surface area contributed by atoms with Gasteiger partial charge < -0.3 is 26.6 Å². The topological polar surface area (TPSA) is 157 Å². The molecule has 9 heteroatoms. The highest BCUT2D eigenvalue weighted by molar-refractivity contribution is 5.91. The molecular weight excluding hydrogens is 352 g/mol. The number of carbonyl (C=O) groups is 3. The fraction of sp³-hybridized carbons (Fsp3) is 0.111. The molecule has 0 saturated carbocycles. The van der Waals surface area contributed by atoms with Crippen LogP contribution in [0.4, 0.5) is 5.69 Å². The van der Waals surface area contributed by atoms with Crippen LogP contribution in [0.1, 0.15) is 15.9 Å². The van der Waals surface area contributed by atoms with Crippen LogP contribution in [-0.2, 0) is 16.0 Å². The van der Waals surface area contributed by atoms with E-state index in [0.29, 0.717) is 22.6 Å². The summed E-state index contributed by atoms with van der Waals surface area (Å²) in [7, 11) is 0. The summed E-state index contributed by atoms with van der Waals surface area (Å²) in [6, 6.07) is 12.5. The lowest BCUT2D eigenvalue weighted by Gasteiger charge is -2.06. The molecule has 0 aliphatic heterocycles. The van der Waals surface area contributed by atoms with Crippen LogP contribution in [0.3, 0.4) is 0 Å². The molecule has 0 saturated heterocycles. The van der Waals surface area contributed by atoms with Crippen LogP contribution < -0.4 is 21.5 Å². The summed E-state index contributed by atoms with van der Waals surface area (Å²) in [6.07, 6.45) is 0.0216. The van der Waals surface area contributed by atoms with Gasteiger partial charge in [0.25, 0.3) is 0 Å². The van der Waals surface area contributed by atoms with Gasteiger partial charge in [0.1, 0.15) is 12.3 Å². The Morgan fingerprint density at radius 1 is 1.00 bits per heavy atom. The van der Waals surface area contributed by atoms with E-state index < -0.39 is 24.4 Å². The lowest BCUT2D eigenvalue weighted by Crippen LogP contribution is -2.30. The van der Waals surface area contributed by atoms with Gasteiger partial charge in [-0.2, -0.15) is 0 Å². The maximum atomic E-state index is 12.1. The molecule has 140 valence electrons. The minimum atomic E-state index is -1.11. The molecule has 2 aromatic carbocycles. The molecule has 0 aliphatic rings. The molecule has 2 aromatic rings. The number of aliphatic imine (C=N–C) groups is 1. The van der Waals surface area contributed by atoms with Gasteiger partial charge >= 0.3 is 11.9 Å². The number of carboxylic acids is 1. The number of carboxylic acid groups (broad SMARTS) is 1. The fourth-order valence-electron chi connectivity index (χ4n) is 2.08. The van der Waals surface area contributed by atoms with E-state index in [1.165, 1.54) is 12.1 Å². The number of hydrogen-bond acceptors (Lipinski definition) is 5. The van der Waals surface area contributed by atoms with Crippen molar-refractivity contribution in [1.82, 2.24) is 5.32 Å². The number of ether oxygens (including phenoxy) is 1. The number of esters is 1. The van der Waals surface area contributed by atoms with E-state index in [-0.39, 0.29) is 12.4 Å².